The molecule has 3 aromatic rings. The van der Waals surface area contributed by atoms with Gasteiger partial charge in [0.25, 0.3) is 5.56 Å². The molecule has 1 N–H and O–H groups in total. The minimum atomic E-state index is -0.804. The molecule has 2 heterocycles. The maximum atomic E-state index is 13.6. The molecule has 2 fully saturated rings. The van der Waals surface area contributed by atoms with Crippen LogP contribution in [-0.2, 0) is 21.4 Å². The van der Waals surface area contributed by atoms with Gasteiger partial charge in [-0.3, -0.25) is 28.8 Å². The SMILES string of the molecule is COc1ccc(C(CC(=O)Nc2c(C)n(C)n(-c3ccccc3)c2=O)N2C(=O)C3C4C=CC(C4)C3C2=O)cc1. The minimum Gasteiger partial charge on any atom is -0.497 e. The molecule has 1 aromatic heterocycles. The molecule has 2 aliphatic carbocycles. The van der Waals surface area contributed by atoms with Crippen molar-refractivity contribution in [3.05, 3.63) is 88.4 Å². The van der Waals surface area contributed by atoms with Gasteiger partial charge >= 0.3 is 0 Å². The van der Waals surface area contributed by atoms with Crippen molar-refractivity contribution in [3.63, 3.8) is 0 Å². The Morgan fingerprint density at radius 1 is 0.974 bits per heavy atom. The van der Waals surface area contributed by atoms with Crippen LogP contribution in [0.3, 0.4) is 0 Å². The lowest BCUT2D eigenvalue weighted by atomic mass is 9.85. The fourth-order valence-corrected chi connectivity index (χ4v) is 6.50. The molecule has 5 atom stereocenters. The topological polar surface area (TPSA) is 103 Å². The Morgan fingerprint density at radius 2 is 1.59 bits per heavy atom. The summed E-state index contributed by atoms with van der Waals surface area (Å²) in [5, 5.41) is 2.79. The van der Waals surface area contributed by atoms with Crippen LogP contribution >= 0.6 is 0 Å². The Labute approximate surface area is 225 Å². The van der Waals surface area contributed by atoms with Gasteiger partial charge in [0.05, 0.1) is 42.8 Å². The summed E-state index contributed by atoms with van der Waals surface area (Å²) in [6.45, 7) is 1.76. The van der Waals surface area contributed by atoms with Crippen molar-refractivity contribution in [1.29, 1.82) is 0 Å². The number of allylic oxidation sites excluding steroid dienone is 2. The van der Waals surface area contributed by atoms with Gasteiger partial charge in [-0.25, -0.2) is 4.68 Å². The van der Waals surface area contributed by atoms with E-state index in [2.05, 4.69) is 5.32 Å². The summed E-state index contributed by atoms with van der Waals surface area (Å²) < 4.78 is 8.45. The highest BCUT2D eigenvalue weighted by atomic mass is 16.5. The number of nitrogens with zero attached hydrogens (tertiary/aromatic N) is 3. The van der Waals surface area contributed by atoms with Crippen LogP contribution in [0.1, 0.15) is 30.1 Å². The highest BCUT2D eigenvalue weighted by Crippen LogP contribution is 2.54. The van der Waals surface area contributed by atoms with Crippen molar-refractivity contribution in [3.8, 4) is 11.4 Å². The first-order valence-corrected chi connectivity index (χ1v) is 13.1. The molecule has 0 spiro atoms. The fraction of sp³-hybridized carbons (Fsp3) is 0.333. The molecule has 3 aliphatic rings. The predicted octanol–water partition coefficient (Wildman–Crippen LogP) is 3.37. The lowest BCUT2D eigenvalue weighted by Crippen LogP contribution is -2.38. The van der Waals surface area contributed by atoms with E-state index in [-0.39, 0.29) is 53.2 Å². The number of para-hydroxylation sites is 1. The second-order valence-corrected chi connectivity index (χ2v) is 10.5. The first kappa shape index (κ1) is 24.9. The summed E-state index contributed by atoms with van der Waals surface area (Å²) in [5.41, 5.74) is 1.72. The van der Waals surface area contributed by atoms with Crippen molar-refractivity contribution < 1.29 is 19.1 Å². The average Bonchev–Trinajstić information content (AvgIpc) is 3.68. The summed E-state index contributed by atoms with van der Waals surface area (Å²) in [4.78, 5) is 55.4. The molecular weight excluding hydrogens is 496 g/mol. The number of fused-ring (bicyclic) bond motifs is 5. The van der Waals surface area contributed by atoms with Crippen LogP contribution < -0.4 is 15.6 Å². The van der Waals surface area contributed by atoms with Crippen molar-refractivity contribution in [2.75, 3.05) is 12.4 Å². The number of ether oxygens (including phenoxy) is 1. The molecule has 3 amide bonds. The zero-order chi connectivity index (χ0) is 27.4. The molecule has 2 aromatic carbocycles. The van der Waals surface area contributed by atoms with Crippen LogP contribution in [0.2, 0.25) is 0 Å². The van der Waals surface area contributed by atoms with Gasteiger partial charge in [0, 0.05) is 7.05 Å². The Morgan fingerprint density at radius 3 is 2.18 bits per heavy atom. The third-order valence-corrected chi connectivity index (χ3v) is 8.51. The zero-order valence-corrected chi connectivity index (χ0v) is 22.0. The Hall–Kier alpha value is -4.40. The van der Waals surface area contributed by atoms with Gasteiger partial charge in [-0.1, -0.05) is 42.5 Å². The van der Waals surface area contributed by atoms with E-state index in [9.17, 15) is 19.2 Å². The fourth-order valence-electron chi connectivity index (χ4n) is 6.50. The number of anilines is 1. The normalized spacial score (nSPS) is 23.8. The smallest absolute Gasteiger partial charge is 0.295 e. The third-order valence-electron chi connectivity index (χ3n) is 8.51. The van der Waals surface area contributed by atoms with Crippen LogP contribution in [0.4, 0.5) is 5.69 Å². The summed E-state index contributed by atoms with van der Waals surface area (Å²) in [6.07, 6.45) is 4.75. The van der Waals surface area contributed by atoms with Crippen LogP contribution in [0, 0.1) is 30.6 Å². The molecule has 9 nitrogen and oxygen atoms in total. The van der Waals surface area contributed by atoms with Crippen LogP contribution in [0.5, 0.6) is 5.75 Å². The number of hydrogen-bond acceptors (Lipinski definition) is 5. The van der Waals surface area contributed by atoms with E-state index in [0.717, 1.165) is 6.42 Å². The Bertz CT molecular complexity index is 1520. The minimum absolute atomic E-state index is 0.0650. The standard InChI is InChI=1S/C30H30N4O5/c1-17-27(30(38)34(32(17)2)21-7-5-4-6-8-21)31-24(35)16-23(18-11-13-22(39-3)14-12-18)33-28(36)25-19-9-10-20(15-19)26(25)29(33)37/h4-14,19-20,23,25-26H,15-16H2,1-3H3,(H,31,35). The van der Waals surface area contributed by atoms with E-state index >= 15 is 0 Å². The molecule has 1 saturated heterocycles. The molecule has 1 aliphatic heterocycles. The third kappa shape index (κ3) is 3.91. The maximum Gasteiger partial charge on any atom is 0.295 e. The molecule has 200 valence electrons. The number of imide groups is 1. The predicted molar refractivity (Wildman–Crippen MR) is 144 cm³/mol. The van der Waals surface area contributed by atoms with Gasteiger partial charge < -0.3 is 10.1 Å². The number of carbonyl (C=O) groups excluding carboxylic acids is 3. The van der Waals surface area contributed by atoms with E-state index in [0.29, 0.717) is 22.7 Å². The first-order valence-electron chi connectivity index (χ1n) is 13.1. The second-order valence-electron chi connectivity index (χ2n) is 10.5. The van der Waals surface area contributed by atoms with Gasteiger partial charge in [-0.15, -0.1) is 0 Å². The van der Waals surface area contributed by atoms with E-state index < -0.39 is 11.9 Å². The summed E-state index contributed by atoms with van der Waals surface area (Å²) in [7, 11) is 3.31. The van der Waals surface area contributed by atoms with Crippen LogP contribution in [0.25, 0.3) is 5.69 Å². The van der Waals surface area contributed by atoms with Gasteiger partial charge in [-0.2, -0.15) is 0 Å². The van der Waals surface area contributed by atoms with E-state index in [1.165, 1.54) is 9.58 Å². The molecule has 0 radical (unpaired) electrons. The number of likely N-dealkylation sites (tertiary alicyclic amines) is 1. The summed E-state index contributed by atoms with van der Waals surface area (Å²) in [5.74, 6) is -0.889. The average molecular weight is 527 g/mol. The quantitative estimate of drug-likeness (QED) is 0.376. The van der Waals surface area contributed by atoms with Gasteiger partial charge in [0.2, 0.25) is 17.7 Å². The van der Waals surface area contributed by atoms with Crippen molar-refractivity contribution in [1.82, 2.24) is 14.3 Å². The number of hydrogen-bond donors (Lipinski definition) is 1. The van der Waals surface area contributed by atoms with E-state index in [4.69, 9.17) is 4.74 Å². The number of methoxy groups -OCH3 is 1. The largest absolute Gasteiger partial charge is 0.497 e. The van der Waals surface area contributed by atoms with Gasteiger partial charge in [0.1, 0.15) is 11.4 Å². The summed E-state index contributed by atoms with van der Waals surface area (Å²) in [6, 6.07) is 15.4. The molecular formula is C30H30N4O5. The van der Waals surface area contributed by atoms with Crippen LogP contribution in [-0.4, -0.2) is 39.1 Å². The number of rotatable bonds is 7. The number of nitrogens with one attached hydrogen (secondary N) is 1. The highest BCUT2D eigenvalue weighted by Gasteiger charge is 2.60. The monoisotopic (exact) mass is 526 g/mol. The maximum absolute atomic E-state index is 13.6. The molecule has 6 rings (SSSR count). The highest BCUT2D eigenvalue weighted by molar-refractivity contribution is 6.07. The number of benzene rings is 2. The molecule has 5 unspecified atom stereocenters. The number of amides is 3. The molecule has 2 bridgehead atoms. The van der Waals surface area contributed by atoms with Crippen molar-refractivity contribution in [2.45, 2.75) is 25.8 Å². The Balaban J connectivity index is 1.31. The molecule has 39 heavy (non-hydrogen) atoms. The van der Waals surface area contributed by atoms with Crippen molar-refractivity contribution in [2.24, 2.45) is 30.7 Å². The first-order chi connectivity index (χ1) is 18.8. The van der Waals surface area contributed by atoms with Gasteiger partial charge in [-0.05, 0) is 55.0 Å². The second kappa shape index (κ2) is 9.41. The Kier molecular flexibility index (Phi) is 6.01. The lowest BCUT2D eigenvalue weighted by molar-refractivity contribution is -0.144. The lowest BCUT2D eigenvalue weighted by Gasteiger charge is -2.28. The van der Waals surface area contributed by atoms with E-state index in [1.807, 2.05) is 42.5 Å². The van der Waals surface area contributed by atoms with E-state index in [1.54, 1.807) is 50.0 Å². The van der Waals surface area contributed by atoms with Gasteiger partial charge in [0.15, 0.2) is 0 Å². The molecule has 9 heteroatoms. The number of carbonyl (C=O) groups is 3. The number of aromatic nitrogens is 2. The zero-order valence-electron chi connectivity index (χ0n) is 22.0. The van der Waals surface area contributed by atoms with Crippen molar-refractivity contribution >= 4 is 23.4 Å². The summed E-state index contributed by atoms with van der Waals surface area (Å²) >= 11 is 0. The molecule has 1 saturated carbocycles. The van der Waals surface area contributed by atoms with Crippen LogP contribution in [0.15, 0.2) is 71.5 Å².